The molecule has 0 bridgehead atoms. The minimum Gasteiger partial charge on any atom is -0.381 e. The van der Waals surface area contributed by atoms with Gasteiger partial charge in [-0.25, -0.2) is 18.7 Å². The normalized spacial score (nSPS) is 19.2. The van der Waals surface area contributed by atoms with Crippen LogP contribution in [-0.2, 0) is 4.74 Å². The van der Waals surface area contributed by atoms with Crippen molar-refractivity contribution in [2.75, 3.05) is 36.5 Å². The Hall–Kier alpha value is -2.79. The molecule has 2 saturated heterocycles. The van der Waals surface area contributed by atoms with Crippen molar-refractivity contribution in [2.24, 2.45) is 0 Å². The van der Waals surface area contributed by atoms with Crippen molar-refractivity contribution in [2.45, 2.75) is 24.7 Å². The highest BCUT2D eigenvalue weighted by atomic mass is 19.3. The van der Waals surface area contributed by atoms with Crippen LogP contribution >= 0.6 is 0 Å². The zero-order valence-electron chi connectivity index (χ0n) is 14.7. The standard InChI is InChI=1S/C19H19F2N5O/c20-19(21)11-26(12-19)18-9-15(14-2-5-27-6-3-14)8-17(25-18)24-16-7-13(10-22)1-4-23-16/h1,4,7-9,14H,2-3,5-6,11-12H2,(H,23,24,25). The number of anilines is 3. The third kappa shape index (κ3) is 3.98. The molecular weight excluding hydrogens is 352 g/mol. The second-order valence-electron chi connectivity index (χ2n) is 6.91. The van der Waals surface area contributed by atoms with Gasteiger partial charge in [0.1, 0.15) is 17.5 Å². The molecule has 2 fully saturated rings. The first-order valence-corrected chi connectivity index (χ1v) is 8.88. The Labute approximate surface area is 155 Å². The highest BCUT2D eigenvalue weighted by Crippen LogP contribution is 2.35. The lowest BCUT2D eigenvalue weighted by molar-refractivity contribution is -0.0267. The van der Waals surface area contributed by atoms with Gasteiger partial charge in [0.25, 0.3) is 5.92 Å². The highest BCUT2D eigenvalue weighted by molar-refractivity contribution is 5.59. The van der Waals surface area contributed by atoms with Gasteiger partial charge in [0.2, 0.25) is 0 Å². The Kier molecular flexibility index (Phi) is 4.62. The van der Waals surface area contributed by atoms with E-state index in [9.17, 15) is 8.78 Å². The molecule has 4 rings (SSSR count). The molecule has 0 saturated carbocycles. The SMILES string of the molecule is N#Cc1ccnc(Nc2cc(C3CCOCC3)cc(N3CC(F)(F)C3)n2)c1. The molecule has 0 aromatic carbocycles. The highest BCUT2D eigenvalue weighted by Gasteiger charge is 2.44. The van der Waals surface area contributed by atoms with Crippen molar-refractivity contribution in [1.29, 1.82) is 5.26 Å². The van der Waals surface area contributed by atoms with Crippen LogP contribution < -0.4 is 10.2 Å². The lowest BCUT2D eigenvalue weighted by Gasteiger charge is -2.40. The number of hydrogen-bond donors (Lipinski definition) is 1. The molecule has 2 aliphatic heterocycles. The second-order valence-corrected chi connectivity index (χ2v) is 6.91. The van der Waals surface area contributed by atoms with Crippen molar-refractivity contribution in [3.8, 4) is 6.07 Å². The summed E-state index contributed by atoms with van der Waals surface area (Å²) in [5, 5.41) is 12.1. The van der Waals surface area contributed by atoms with Gasteiger partial charge in [-0.05, 0) is 48.6 Å². The molecule has 2 aliphatic rings. The molecule has 0 unspecified atom stereocenters. The van der Waals surface area contributed by atoms with Crippen LogP contribution in [0.3, 0.4) is 0 Å². The molecule has 140 valence electrons. The Balaban J connectivity index is 1.63. The van der Waals surface area contributed by atoms with Crippen LogP contribution in [0.25, 0.3) is 0 Å². The summed E-state index contributed by atoms with van der Waals surface area (Å²) in [4.78, 5) is 10.3. The lowest BCUT2D eigenvalue weighted by Crippen LogP contribution is -2.56. The van der Waals surface area contributed by atoms with E-state index in [0.717, 1.165) is 18.4 Å². The Morgan fingerprint density at radius 1 is 1.19 bits per heavy atom. The summed E-state index contributed by atoms with van der Waals surface area (Å²) >= 11 is 0. The first-order valence-electron chi connectivity index (χ1n) is 8.88. The van der Waals surface area contributed by atoms with Crippen LogP contribution in [0, 0.1) is 11.3 Å². The van der Waals surface area contributed by atoms with E-state index in [4.69, 9.17) is 10.00 Å². The summed E-state index contributed by atoms with van der Waals surface area (Å²) in [6.07, 6.45) is 3.32. The Bertz CT molecular complexity index is 869. The van der Waals surface area contributed by atoms with Gasteiger partial charge in [-0.2, -0.15) is 5.26 Å². The van der Waals surface area contributed by atoms with E-state index < -0.39 is 5.92 Å². The maximum Gasteiger partial charge on any atom is 0.282 e. The average molecular weight is 371 g/mol. The third-order valence-corrected chi connectivity index (χ3v) is 4.84. The molecular formula is C19H19F2N5O. The number of nitriles is 1. The van der Waals surface area contributed by atoms with Gasteiger partial charge in [-0.3, -0.25) is 0 Å². The monoisotopic (exact) mass is 371 g/mol. The number of aromatic nitrogens is 2. The zero-order chi connectivity index (χ0) is 18.9. The number of alkyl halides is 2. The van der Waals surface area contributed by atoms with Crippen molar-refractivity contribution < 1.29 is 13.5 Å². The number of rotatable bonds is 4. The van der Waals surface area contributed by atoms with E-state index in [1.807, 2.05) is 12.1 Å². The fourth-order valence-corrected chi connectivity index (χ4v) is 3.40. The van der Waals surface area contributed by atoms with Crippen LogP contribution in [0.2, 0.25) is 0 Å². The summed E-state index contributed by atoms with van der Waals surface area (Å²) in [6.45, 7) is 0.745. The van der Waals surface area contributed by atoms with E-state index in [1.54, 1.807) is 23.2 Å². The van der Waals surface area contributed by atoms with Crippen molar-refractivity contribution in [3.05, 3.63) is 41.6 Å². The molecule has 0 atom stereocenters. The third-order valence-electron chi connectivity index (χ3n) is 4.84. The number of nitrogens with zero attached hydrogens (tertiary/aromatic N) is 4. The number of halogens is 2. The predicted octanol–water partition coefficient (Wildman–Crippen LogP) is 3.44. The first-order chi connectivity index (χ1) is 13.0. The largest absolute Gasteiger partial charge is 0.381 e. The van der Waals surface area contributed by atoms with Gasteiger partial charge >= 0.3 is 0 Å². The topological polar surface area (TPSA) is 74.1 Å². The van der Waals surface area contributed by atoms with Crippen LogP contribution in [-0.4, -0.2) is 42.2 Å². The molecule has 27 heavy (non-hydrogen) atoms. The maximum atomic E-state index is 13.3. The molecule has 2 aromatic rings. The number of hydrogen-bond acceptors (Lipinski definition) is 6. The van der Waals surface area contributed by atoms with E-state index in [1.165, 1.54) is 0 Å². The maximum absolute atomic E-state index is 13.3. The number of ether oxygens (including phenoxy) is 1. The molecule has 4 heterocycles. The Morgan fingerprint density at radius 2 is 1.96 bits per heavy atom. The fourth-order valence-electron chi connectivity index (χ4n) is 3.40. The van der Waals surface area contributed by atoms with Crippen molar-refractivity contribution >= 4 is 17.5 Å². The van der Waals surface area contributed by atoms with E-state index >= 15 is 0 Å². The van der Waals surface area contributed by atoms with Crippen LogP contribution in [0.5, 0.6) is 0 Å². The van der Waals surface area contributed by atoms with Gasteiger partial charge in [0.15, 0.2) is 0 Å². The van der Waals surface area contributed by atoms with E-state index in [2.05, 4.69) is 21.4 Å². The zero-order valence-corrected chi connectivity index (χ0v) is 14.7. The van der Waals surface area contributed by atoms with Gasteiger partial charge in [0.05, 0.1) is 24.7 Å². The van der Waals surface area contributed by atoms with Gasteiger partial charge in [-0.15, -0.1) is 0 Å². The van der Waals surface area contributed by atoms with Crippen molar-refractivity contribution in [3.63, 3.8) is 0 Å². The van der Waals surface area contributed by atoms with E-state index in [0.29, 0.717) is 42.1 Å². The summed E-state index contributed by atoms with van der Waals surface area (Å²) in [6, 6.07) is 9.14. The predicted molar refractivity (Wildman–Crippen MR) is 96.4 cm³/mol. The van der Waals surface area contributed by atoms with Gasteiger partial charge < -0.3 is 15.0 Å². The minimum absolute atomic E-state index is 0.307. The van der Waals surface area contributed by atoms with Crippen LogP contribution in [0.1, 0.15) is 29.9 Å². The smallest absolute Gasteiger partial charge is 0.282 e. The molecule has 0 aliphatic carbocycles. The van der Waals surface area contributed by atoms with E-state index in [-0.39, 0.29) is 13.1 Å². The molecule has 2 aromatic heterocycles. The molecule has 1 N–H and O–H groups in total. The summed E-state index contributed by atoms with van der Waals surface area (Å²) < 4.78 is 32.1. The van der Waals surface area contributed by atoms with Crippen LogP contribution in [0.15, 0.2) is 30.5 Å². The molecule has 6 nitrogen and oxygen atoms in total. The fraction of sp³-hybridized carbons (Fsp3) is 0.421. The number of nitrogens with one attached hydrogen (secondary N) is 1. The lowest BCUT2D eigenvalue weighted by atomic mass is 9.92. The molecule has 0 spiro atoms. The summed E-state index contributed by atoms with van der Waals surface area (Å²) in [7, 11) is 0. The van der Waals surface area contributed by atoms with Gasteiger partial charge in [-0.1, -0.05) is 0 Å². The number of pyridine rings is 2. The quantitative estimate of drug-likeness (QED) is 0.887. The molecule has 0 amide bonds. The van der Waals surface area contributed by atoms with Crippen LogP contribution in [0.4, 0.5) is 26.2 Å². The van der Waals surface area contributed by atoms with Crippen molar-refractivity contribution in [1.82, 2.24) is 9.97 Å². The molecule has 8 heteroatoms. The molecule has 0 radical (unpaired) electrons. The summed E-state index contributed by atoms with van der Waals surface area (Å²) in [5.74, 6) is -0.797. The van der Waals surface area contributed by atoms with Gasteiger partial charge in [0, 0.05) is 19.4 Å². The minimum atomic E-state index is -2.66. The average Bonchev–Trinajstić information content (AvgIpc) is 2.66. The first kappa shape index (κ1) is 17.6. The summed E-state index contributed by atoms with van der Waals surface area (Å²) in [5.41, 5.74) is 1.54. The second kappa shape index (κ2) is 7.08. The Morgan fingerprint density at radius 3 is 2.67 bits per heavy atom.